The molecule has 0 radical (unpaired) electrons. The summed E-state index contributed by atoms with van der Waals surface area (Å²) in [5, 5.41) is 8.15. The molecule has 0 saturated heterocycles. The first kappa shape index (κ1) is 17.7. The van der Waals surface area contributed by atoms with Crippen LogP contribution in [0.5, 0.6) is 5.88 Å². The first-order valence-electron chi connectivity index (χ1n) is 8.81. The highest BCUT2D eigenvalue weighted by Crippen LogP contribution is 2.25. The molecule has 28 heavy (non-hydrogen) atoms. The molecule has 4 aromatic rings. The molecule has 0 unspecified atom stereocenters. The molecule has 7 nitrogen and oxygen atoms in total. The number of methoxy groups -OCH3 is 1. The molecule has 0 aliphatic heterocycles. The molecular weight excluding hydrogens is 354 g/mol. The topological polar surface area (TPSA) is 81.9 Å². The highest BCUT2D eigenvalue weighted by atomic mass is 16.5. The van der Waals surface area contributed by atoms with Crippen LogP contribution < -0.4 is 10.1 Å². The van der Waals surface area contributed by atoms with Gasteiger partial charge in [-0.1, -0.05) is 30.3 Å². The lowest BCUT2D eigenvalue weighted by atomic mass is 10.1. The van der Waals surface area contributed by atoms with Crippen LogP contribution in [-0.4, -0.2) is 32.8 Å². The van der Waals surface area contributed by atoms with Crippen LogP contribution in [0.3, 0.4) is 0 Å². The van der Waals surface area contributed by atoms with Gasteiger partial charge in [-0.15, -0.1) is 0 Å². The number of hydrogen-bond donors (Lipinski definition) is 1. The Morgan fingerprint density at radius 3 is 2.71 bits per heavy atom. The maximum absolute atomic E-state index is 12.6. The fraction of sp³-hybridized carbons (Fsp3) is 0.143. The van der Waals surface area contributed by atoms with Gasteiger partial charge < -0.3 is 10.1 Å². The summed E-state index contributed by atoms with van der Waals surface area (Å²) in [4.78, 5) is 21.1. The number of rotatable bonds is 5. The van der Waals surface area contributed by atoms with Crippen molar-refractivity contribution in [3.05, 3.63) is 72.2 Å². The molecule has 0 spiro atoms. The largest absolute Gasteiger partial charge is 0.481 e. The van der Waals surface area contributed by atoms with Crippen LogP contribution >= 0.6 is 0 Å². The fourth-order valence-electron chi connectivity index (χ4n) is 3.09. The number of hydrogen-bond acceptors (Lipinski definition) is 5. The van der Waals surface area contributed by atoms with Gasteiger partial charge in [0, 0.05) is 18.2 Å². The van der Waals surface area contributed by atoms with E-state index in [1.165, 1.54) is 6.33 Å². The predicted octanol–water partition coefficient (Wildman–Crippen LogP) is 2.97. The SMILES string of the molecule is COc1c2ccc(C(=O)NCc3cc(-c4ccccc4)ncn3)cc2nn1C. The highest BCUT2D eigenvalue weighted by molar-refractivity contribution is 5.98. The summed E-state index contributed by atoms with van der Waals surface area (Å²) >= 11 is 0. The van der Waals surface area contributed by atoms with Crippen LogP contribution in [0.2, 0.25) is 0 Å². The molecule has 2 aromatic heterocycles. The van der Waals surface area contributed by atoms with Gasteiger partial charge in [-0.2, -0.15) is 5.10 Å². The van der Waals surface area contributed by atoms with E-state index in [9.17, 15) is 4.79 Å². The third-order valence-electron chi connectivity index (χ3n) is 4.46. The molecule has 0 saturated carbocycles. The van der Waals surface area contributed by atoms with Gasteiger partial charge in [0.2, 0.25) is 5.88 Å². The molecule has 0 aliphatic carbocycles. The Balaban J connectivity index is 1.49. The standard InChI is InChI=1S/C21H19N5O2/c1-26-21(28-2)17-9-8-15(10-19(17)25-26)20(27)22-12-16-11-18(24-13-23-16)14-6-4-3-5-7-14/h3-11,13H,12H2,1-2H3,(H,22,27). The third kappa shape index (κ3) is 3.42. The first-order valence-corrected chi connectivity index (χ1v) is 8.81. The molecule has 140 valence electrons. The molecule has 0 aliphatic rings. The Bertz CT molecular complexity index is 1140. The minimum absolute atomic E-state index is 0.189. The zero-order valence-corrected chi connectivity index (χ0v) is 15.6. The summed E-state index contributed by atoms with van der Waals surface area (Å²) < 4.78 is 6.99. The van der Waals surface area contributed by atoms with Gasteiger partial charge >= 0.3 is 0 Å². The summed E-state index contributed by atoms with van der Waals surface area (Å²) in [6, 6.07) is 17.1. The number of carbonyl (C=O) groups excluding carboxylic acids is 1. The Morgan fingerprint density at radius 2 is 1.93 bits per heavy atom. The van der Waals surface area contributed by atoms with Gasteiger partial charge in [0.05, 0.1) is 35.9 Å². The molecule has 2 aromatic carbocycles. The molecule has 1 N–H and O–H groups in total. The summed E-state index contributed by atoms with van der Waals surface area (Å²) in [6.07, 6.45) is 1.51. The van der Waals surface area contributed by atoms with Crippen molar-refractivity contribution in [2.75, 3.05) is 7.11 Å². The van der Waals surface area contributed by atoms with E-state index in [0.29, 0.717) is 23.5 Å². The van der Waals surface area contributed by atoms with Gasteiger partial charge in [-0.05, 0) is 24.3 Å². The van der Waals surface area contributed by atoms with Crippen molar-refractivity contribution < 1.29 is 9.53 Å². The molecular formula is C21H19N5O2. The minimum Gasteiger partial charge on any atom is -0.481 e. The van der Waals surface area contributed by atoms with Crippen LogP contribution in [-0.2, 0) is 13.6 Å². The van der Waals surface area contributed by atoms with Crippen molar-refractivity contribution in [3.8, 4) is 17.1 Å². The summed E-state index contributed by atoms with van der Waals surface area (Å²) in [6.45, 7) is 0.310. The minimum atomic E-state index is -0.189. The number of fused-ring (bicyclic) bond motifs is 1. The van der Waals surface area contributed by atoms with Crippen molar-refractivity contribution in [1.29, 1.82) is 0 Å². The van der Waals surface area contributed by atoms with Crippen LogP contribution in [0, 0.1) is 0 Å². The third-order valence-corrected chi connectivity index (χ3v) is 4.46. The number of nitrogens with zero attached hydrogens (tertiary/aromatic N) is 4. The smallest absolute Gasteiger partial charge is 0.251 e. The molecule has 1 amide bonds. The van der Waals surface area contributed by atoms with Crippen LogP contribution in [0.15, 0.2) is 60.9 Å². The molecule has 0 fully saturated rings. The highest BCUT2D eigenvalue weighted by Gasteiger charge is 2.13. The summed E-state index contributed by atoms with van der Waals surface area (Å²) in [5.74, 6) is 0.475. The average molecular weight is 373 g/mol. The van der Waals surface area contributed by atoms with E-state index in [4.69, 9.17) is 4.74 Å². The normalized spacial score (nSPS) is 10.8. The number of nitrogens with one attached hydrogen (secondary N) is 1. The van der Waals surface area contributed by atoms with Gasteiger partial charge in [-0.3, -0.25) is 4.79 Å². The number of ether oxygens (including phenoxy) is 1. The second-order valence-electron chi connectivity index (χ2n) is 6.31. The Morgan fingerprint density at radius 1 is 1.11 bits per heavy atom. The van der Waals surface area contributed by atoms with E-state index in [1.54, 1.807) is 31.0 Å². The summed E-state index contributed by atoms with van der Waals surface area (Å²) in [5.41, 5.74) is 3.81. The van der Waals surface area contributed by atoms with Crippen LogP contribution in [0.1, 0.15) is 16.1 Å². The zero-order valence-electron chi connectivity index (χ0n) is 15.6. The van der Waals surface area contributed by atoms with Gasteiger partial charge in [0.25, 0.3) is 5.91 Å². The van der Waals surface area contributed by atoms with E-state index >= 15 is 0 Å². The monoisotopic (exact) mass is 373 g/mol. The van der Waals surface area contributed by atoms with E-state index in [1.807, 2.05) is 42.5 Å². The molecule has 0 bridgehead atoms. The maximum atomic E-state index is 12.6. The average Bonchev–Trinajstić information content (AvgIpc) is 3.06. The van der Waals surface area contributed by atoms with Gasteiger partial charge in [-0.25, -0.2) is 14.6 Å². The zero-order chi connectivity index (χ0) is 19.5. The van der Waals surface area contributed by atoms with Gasteiger partial charge in [0.1, 0.15) is 6.33 Å². The molecule has 7 heteroatoms. The Hall–Kier alpha value is -3.74. The van der Waals surface area contributed by atoms with Crippen molar-refractivity contribution >= 4 is 16.8 Å². The Labute approximate surface area is 162 Å². The molecule has 2 heterocycles. The quantitative estimate of drug-likeness (QED) is 0.582. The number of benzene rings is 2. The van der Waals surface area contributed by atoms with Crippen LogP contribution in [0.4, 0.5) is 0 Å². The van der Waals surface area contributed by atoms with Crippen molar-refractivity contribution in [2.24, 2.45) is 7.05 Å². The lowest BCUT2D eigenvalue weighted by molar-refractivity contribution is 0.0950. The van der Waals surface area contributed by atoms with Gasteiger partial charge in [0.15, 0.2) is 0 Å². The van der Waals surface area contributed by atoms with Crippen molar-refractivity contribution in [1.82, 2.24) is 25.1 Å². The van der Waals surface area contributed by atoms with Crippen molar-refractivity contribution in [2.45, 2.75) is 6.54 Å². The molecule has 0 atom stereocenters. The lowest BCUT2D eigenvalue weighted by Gasteiger charge is -2.07. The second-order valence-corrected chi connectivity index (χ2v) is 6.31. The Kier molecular flexibility index (Phi) is 4.72. The van der Waals surface area contributed by atoms with E-state index in [0.717, 1.165) is 22.3 Å². The first-order chi connectivity index (χ1) is 13.7. The number of aromatic nitrogens is 4. The maximum Gasteiger partial charge on any atom is 0.251 e. The van der Waals surface area contributed by atoms with E-state index in [2.05, 4.69) is 20.4 Å². The lowest BCUT2D eigenvalue weighted by Crippen LogP contribution is -2.23. The second kappa shape index (κ2) is 7.48. The molecule has 4 rings (SSSR count). The van der Waals surface area contributed by atoms with E-state index in [-0.39, 0.29) is 5.91 Å². The van der Waals surface area contributed by atoms with Crippen LogP contribution in [0.25, 0.3) is 22.2 Å². The number of aryl methyl sites for hydroxylation is 1. The summed E-state index contributed by atoms with van der Waals surface area (Å²) in [7, 11) is 3.40. The van der Waals surface area contributed by atoms with Crippen molar-refractivity contribution in [3.63, 3.8) is 0 Å². The van der Waals surface area contributed by atoms with E-state index < -0.39 is 0 Å². The predicted molar refractivity (Wildman–Crippen MR) is 106 cm³/mol. The fourth-order valence-corrected chi connectivity index (χ4v) is 3.09. The number of amides is 1. The number of carbonyl (C=O) groups is 1.